The van der Waals surface area contributed by atoms with E-state index in [-0.39, 0.29) is 0 Å². The predicted octanol–water partition coefficient (Wildman–Crippen LogP) is 2.84. The molecule has 3 N–H and O–H groups in total. The zero-order valence-corrected chi connectivity index (χ0v) is 12.2. The van der Waals surface area contributed by atoms with Crippen LogP contribution in [0.3, 0.4) is 0 Å². The van der Waals surface area contributed by atoms with Crippen LogP contribution in [-0.2, 0) is 6.54 Å². The third-order valence-electron chi connectivity index (χ3n) is 4.07. The van der Waals surface area contributed by atoms with E-state index in [4.69, 9.17) is 5.73 Å². The first-order valence-electron chi connectivity index (χ1n) is 7.06. The Hall–Kier alpha value is -0.450. The number of hydrogen-bond acceptors (Lipinski definition) is 4. The lowest BCUT2D eigenvalue weighted by atomic mass is 9.80. The number of nitrogens with zero attached hydrogens (tertiary/aromatic N) is 1. The van der Waals surface area contributed by atoms with Gasteiger partial charge >= 0.3 is 0 Å². The minimum atomic E-state index is 0.343. The summed E-state index contributed by atoms with van der Waals surface area (Å²) < 4.78 is 0. The van der Waals surface area contributed by atoms with Crippen molar-refractivity contribution in [1.29, 1.82) is 0 Å². The number of hydrogen-bond donors (Lipinski definition) is 2. The number of aryl methyl sites for hydroxylation is 1. The summed E-state index contributed by atoms with van der Waals surface area (Å²) in [6.45, 7) is 4.87. The lowest BCUT2D eigenvalue weighted by Crippen LogP contribution is -2.39. The van der Waals surface area contributed by atoms with Gasteiger partial charge in [0.25, 0.3) is 0 Å². The molecular weight excluding hydrogens is 242 g/mol. The maximum atomic E-state index is 6.04. The number of nitrogens with one attached hydrogen (secondary N) is 1. The second kappa shape index (κ2) is 6.64. The van der Waals surface area contributed by atoms with Gasteiger partial charge in [-0.05, 0) is 31.7 Å². The molecule has 0 bridgehead atoms. The van der Waals surface area contributed by atoms with Crippen molar-refractivity contribution in [2.45, 2.75) is 52.0 Å². The van der Waals surface area contributed by atoms with Gasteiger partial charge < -0.3 is 11.1 Å². The van der Waals surface area contributed by atoms with Crippen LogP contribution in [0, 0.1) is 12.3 Å². The van der Waals surface area contributed by atoms with E-state index in [1.54, 1.807) is 11.3 Å². The lowest BCUT2D eigenvalue weighted by molar-refractivity contribution is 0.242. The minimum Gasteiger partial charge on any atom is -0.330 e. The Morgan fingerprint density at radius 1 is 1.33 bits per heavy atom. The van der Waals surface area contributed by atoms with E-state index in [2.05, 4.69) is 17.2 Å². The van der Waals surface area contributed by atoms with Crippen LogP contribution in [-0.4, -0.2) is 18.1 Å². The first kappa shape index (κ1) is 14.0. The third kappa shape index (κ3) is 3.77. The zero-order chi connectivity index (χ0) is 12.8. The van der Waals surface area contributed by atoms with Gasteiger partial charge in [-0.1, -0.05) is 25.7 Å². The molecule has 1 heterocycles. The van der Waals surface area contributed by atoms with Crippen molar-refractivity contribution >= 4 is 11.3 Å². The summed E-state index contributed by atoms with van der Waals surface area (Å²) in [6, 6.07) is 0. The molecule has 3 nitrogen and oxygen atoms in total. The van der Waals surface area contributed by atoms with Crippen LogP contribution in [0.4, 0.5) is 0 Å². The quantitative estimate of drug-likeness (QED) is 0.807. The van der Waals surface area contributed by atoms with Gasteiger partial charge in [-0.15, -0.1) is 11.3 Å². The summed E-state index contributed by atoms with van der Waals surface area (Å²) in [7, 11) is 0. The molecule has 0 spiro atoms. The van der Waals surface area contributed by atoms with Gasteiger partial charge in [-0.2, -0.15) is 0 Å². The van der Waals surface area contributed by atoms with Crippen LogP contribution in [0.25, 0.3) is 0 Å². The number of rotatable bonds is 5. The molecule has 1 saturated carbocycles. The molecule has 0 amide bonds. The summed E-state index contributed by atoms with van der Waals surface area (Å²) in [5.74, 6) is 0. The third-order valence-corrected chi connectivity index (χ3v) is 4.98. The van der Waals surface area contributed by atoms with Crippen LogP contribution in [0.2, 0.25) is 0 Å². The largest absolute Gasteiger partial charge is 0.330 e. The van der Waals surface area contributed by atoms with Crippen molar-refractivity contribution in [3.05, 3.63) is 16.1 Å². The average Bonchev–Trinajstić information content (AvgIpc) is 2.65. The maximum absolute atomic E-state index is 6.04. The minimum absolute atomic E-state index is 0.343. The summed E-state index contributed by atoms with van der Waals surface area (Å²) in [6.07, 6.45) is 10.0. The second-order valence-corrected chi connectivity index (χ2v) is 6.89. The smallest absolute Gasteiger partial charge is 0.0897 e. The Balaban J connectivity index is 1.82. The Kier molecular flexibility index (Phi) is 5.15. The van der Waals surface area contributed by atoms with Gasteiger partial charge in [0.1, 0.15) is 0 Å². The van der Waals surface area contributed by atoms with E-state index in [1.165, 1.54) is 43.4 Å². The Labute approximate surface area is 114 Å². The molecule has 0 aliphatic heterocycles. The van der Waals surface area contributed by atoms with Crippen molar-refractivity contribution < 1.29 is 0 Å². The van der Waals surface area contributed by atoms with Crippen LogP contribution >= 0.6 is 11.3 Å². The molecule has 2 rings (SSSR count). The van der Waals surface area contributed by atoms with E-state index in [0.717, 1.165) is 24.6 Å². The SMILES string of the molecule is Cc1ncc(CNCC2(CN)CCCCCC2)s1. The number of aromatic nitrogens is 1. The highest BCUT2D eigenvalue weighted by Gasteiger charge is 2.28. The number of thiazole rings is 1. The molecule has 1 aromatic heterocycles. The molecule has 0 radical (unpaired) electrons. The first-order chi connectivity index (χ1) is 8.74. The first-order valence-corrected chi connectivity index (χ1v) is 7.88. The summed E-state index contributed by atoms with van der Waals surface area (Å²) in [5, 5.41) is 4.74. The summed E-state index contributed by atoms with van der Waals surface area (Å²) in [4.78, 5) is 5.62. The van der Waals surface area contributed by atoms with Crippen molar-refractivity contribution in [2.75, 3.05) is 13.1 Å². The maximum Gasteiger partial charge on any atom is 0.0897 e. The van der Waals surface area contributed by atoms with E-state index < -0.39 is 0 Å². The molecule has 4 heteroatoms. The standard InChI is InChI=1S/C14H25N3S/c1-12-17-9-13(18-12)8-16-11-14(10-15)6-4-2-3-5-7-14/h9,16H,2-8,10-11,15H2,1H3. The topological polar surface area (TPSA) is 50.9 Å². The van der Waals surface area contributed by atoms with Gasteiger partial charge in [-0.25, -0.2) is 4.98 Å². The van der Waals surface area contributed by atoms with Crippen molar-refractivity contribution in [3.63, 3.8) is 0 Å². The molecule has 1 aromatic rings. The van der Waals surface area contributed by atoms with Crippen LogP contribution in [0.5, 0.6) is 0 Å². The summed E-state index contributed by atoms with van der Waals surface area (Å²) >= 11 is 1.78. The number of nitrogens with two attached hydrogens (primary N) is 1. The van der Waals surface area contributed by atoms with Gasteiger partial charge in [-0.3, -0.25) is 0 Å². The molecule has 0 unspecified atom stereocenters. The Morgan fingerprint density at radius 2 is 2.06 bits per heavy atom. The van der Waals surface area contributed by atoms with Gasteiger partial charge in [0.05, 0.1) is 5.01 Å². The van der Waals surface area contributed by atoms with E-state index >= 15 is 0 Å². The average molecular weight is 267 g/mol. The van der Waals surface area contributed by atoms with Crippen molar-refractivity contribution in [1.82, 2.24) is 10.3 Å². The Morgan fingerprint density at radius 3 is 2.61 bits per heavy atom. The Bertz CT molecular complexity index is 354. The van der Waals surface area contributed by atoms with Crippen LogP contribution in [0.1, 0.15) is 48.4 Å². The molecule has 0 atom stereocenters. The van der Waals surface area contributed by atoms with E-state index in [9.17, 15) is 0 Å². The van der Waals surface area contributed by atoms with Gasteiger partial charge in [0.15, 0.2) is 0 Å². The molecule has 18 heavy (non-hydrogen) atoms. The van der Waals surface area contributed by atoms with Gasteiger partial charge in [0, 0.05) is 24.2 Å². The van der Waals surface area contributed by atoms with Crippen molar-refractivity contribution in [3.8, 4) is 0 Å². The fraction of sp³-hybridized carbons (Fsp3) is 0.786. The molecule has 1 aliphatic carbocycles. The normalized spacial score (nSPS) is 19.7. The fourth-order valence-corrected chi connectivity index (χ4v) is 3.63. The predicted molar refractivity (Wildman–Crippen MR) is 77.7 cm³/mol. The van der Waals surface area contributed by atoms with Crippen LogP contribution in [0.15, 0.2) is 6.20 Å². The van der Waals surface area contributed by atoms with Gasteiger partial charge in [0.2, 0.25) is 0 Å². The molecule has 0 aromatic carbocycles. The molecule has 0 saturated heterocycles. The molecular formula is C14H25N3S. The fourth-order valence-electron chi connectivity index (χ4n) is 2.87. The summed E-state index contributed by atoms with van der Waals surface area (Å²) in [5.41, 5.74) is 6.38. The highest BCUT2D eigenvalue weighted by Crippen LogP contribution is 2.33. The lowest BCUT2D eigenvalue weighted by Gasteiger charge is -2.31. The monoisotopic (exact) mass is 267 g/mol. The molecule has 1 aliphatic rings. The zero-order valence-electron chi connectivity index (χ0n) is 11.4. The van der Waals surface area contributed by atoms with E-state index in [0.29, 0.717) is 5.41 Å². The van der Waals surface area contributed by atoms with Crippen molar-refractivity contribution in [2.24, 2.45) is 11.1 Å². The van der Waals surface area contributed by atoms with Crippen LogP contribution < -0.4 is 11.1 Å². The highest BCUT2D eigenvalue weighted by atomic mass is 32.1. The molecule has 102 valence electrons. The van der Waals surface area contributed by atoms with E-state index in [1.807, 2.05) is 6.20 Å². The second-order valence-electron chi connectivity index (χ2n) is 5.57. The highest BCUT2D eigenvalue weighted by molar-refractivity contribution is 7.11. The molecule has 1 fully saturated rings.